The molecule has 1 aromatic carbocycles. The highest BCUT2D eigenvalue weighted by Gasteiger charge is 2.22. The van der Waals surface area contributed by atoms with E-state index in [-0.39, 0.29) is 12.2 Å². The van der Waals surface area contributed by atoms with Crippen molar-refractivity contribution in [2.45, 2.75) is 20.8 Å². The Morgan fingerprint density at radius 3 is 2.44 bits per heavy atom. The third-order valence-corrected chi connectivity index (χ3v) is 6.30. The fourth-order valence-corrected chi connectivity index (χ4v) is 4.28. The number of carbonyl (C=O) groups is 3. The van der Waals surface area contributed by atoms with Gasteiger partial charge in [0.2, 0.25) is 10.0 Å². The van der Waals surface area contributed by atoms with Crippen molar-refractivity contribution in [2.75, 3.05) is 25.1 Å². The maximum atomic E-state index is 12.1. The normalized spacial score (nSPS) is 11.3. The Bertz CT molecular complexity index is 1110. The summed E-state index contributed by atoms with van der Waals surface area (Å²) in [5.74, 6) is -2.16. The van der Waals surface area contributed by atoms with Gasteiger partial charge in [0.05, 0.1) is 12.2 Å². The van der Waals surface area contributed by atoms with Crippen LogP contribution in [-0.4, -0.2) is 46.0 Å². The molecule has 0 saturated heterocycles. The number of anilines is 1. The van der Waals surface area contributed by atoms with Gasteiger partial charge in [-0.3, -0.25) is 9.59 Å². The highest BCUT2D eigenvalue weighted by Crippen LogP contribution is 2.33. The van der Waals surface area contributed by atoms with Crippen LogP contribution in [-0.2, 0) is 29.1 Å². The first-order valence-corrected chi connectivity index (χ1v) is 11.9. The minimum absolute atomic E-state index is 0.189. The molecular formula is C21H24N2O7S2. The molecule has 1 aromatic heterocycles. The molecule has 2 rings (SSSR count). The summed E-state index contributed by atoms with van der Waals surface area (Å²) < 4.78 is 35.8. The molecule has 1 heterocycles. The van der Waals surface area contributed by atoms with Crippen molar-refractivity contribution in [2.24, 2.45) is 0 Å². The van der Waals surface area contributed by atoms with Gasteiger partial charge >= 0.3 is 11.9 Å². The van der Waals surface area contributed by atoms with Crippen LogP contribution in [0.5, 0.6) is 0 Å². The van der Waals surface area contributed by atoms with Crippen molar-refractivity contribution in [3.8, 4) is 0 Å². The number of aryl methyl sites for hydroxylation is 1. The highest BCUT2D eigenvalue weighted by molar-refractivity contribution is 7.92. The summed E-state index contributed by atoms with van der Waals surface area (Å²) in [5, 5.41) is 3.76. The van der Waals surface area contributed by atoms with Gasteiger partial charge in [-0.15, -0.1) is 11.3 Å². The molecule has 0 aliphatic rings. The van der Waals surface area contributed by atoms with E-state index in [1.54, 1.807) is 51.1 Å². The standard InChI is InChI=1S/C21H24N2O7S2/c1-4-29-21(26)19-14(2)15(3)31-20(19)23-17(24)13-30-18(25)12-22-32(27,28)11-10-16-8-6-5-7-9-16/h5-11,22H,4,12-13H2,1-3H3,(H,23,24)/b11-10+. The molecule has 1 amide bonds. The van der Waals surface area contributed by atoms with E-state index in [0.717, 1.165) is 10.3 Å². The van der Waals surface area contributed by atoms with Gasteiger partial charge in [0.25, 0.3) is 5.91 Å². The SMILES string of the molecule is CCOC(=O)c1c(NC(=O)COC(=O)CNS(=O)(=O)/C=C/c2ccccc2)sc(C)c1C. The van der Waals surface area contributed by atoms with Crippen LogP contribution in [0.25, 0.3) is 6.08 Å². The van der Waals surface area contributed by atoms with E-state index in [9.17, 15) is 22.8 Å². The predicted octanol–water partition coefficient (Wildman–Crippen LogP) is 2.61. The first kappa shape index (κ1) is 25.2. The van der Waals surface area contributed by atoms with Gasteiger partial charge in [0.1, 0.15) is 11.5 Å². The van der Waals surface area contributed by atoms with Crippen molar-refractivity contribution in [3.63, 3.8) is 0 Å². The maximum Gasteiger partial charge on any atom is 0.341 e. The van der Waals surface area contributed by atoms with Crippen LogP contribution in [0.2, 0.25) is 0 Å². The van der Waals surface area contributed by atoms with Gasteiger partial charge in [-0.05, 0) is 38.0 Å². The third-order valence-electron chi connectivity index (χ3n) is 4.14. The first-order valence-electron chi connectivity index (χ1n) is 9.58. The number of sulfonamides is 1. The van der Waals surface area contributed by atoms with E-state index in [0.29, 0.717) is 16.1 Å². The Kier molecular flexibility index (Phi) is 9.12. The number of amides is 1. The van der Waals surface area contributed by atoms with E-state index in [4.69, 9.17) is 9.47 Å². The minimum Gasteiger partial charge on any atom is -0.462 e. The molecule has 0 unspecified atom stereocenters. The largest absolute Gasteiger partial charge is 0.462 e. The summed E-state index contributed by atoms with van der Waals surface area (Å²) in [6.07, 6.45) is 1.38. The second kappa shape index (κ2) is 11.6. The predicted molar refractivity (Wildman–Crippen MR) is 122 cm³/mol. The molecule has 11 heteroatoms. The lowest BCUT2D eigenvalue weighted by atomic mass is 10.1. The van der Waals surface area contributed by atoms with Gasteiger partial charge in [0, 0.05) is 10.3 Å². The van der Waals surface area contributed by atoms with Gasteiger partial charge < -0.3 is 14.8 Å². The Labute approximate surface area is 190 Å². The Hall–Kier alpha value is -3.02. The number of thiophene rings is 1. The van der Waals surface area contributed by atoms with Crippen LogP contribution in [0.4, 0.5) is 5.00 Å². The van der Waals surface area contributed by atoms with Gasteiger partial charge in [-0.25, -0.2) is 17.9 Å². The molecule has 0 aliphatic carbocycles. The second-order valence-electron chi connectivity index (χ2n) is 6.50. The summed E-state index contributed by atoms with van der Waals surface area (Å²) in [6, 6.07) is 8.77. The van der Waals surface area contributed by atoms with Crippen LogP contribution < -0.4 is 10.0 Å². The van der Waals surface area contributed by atoms with Crippen LogP contribution in [0.3, 0.4) is 0 Å². The molecule has 0 bridgehead atoms. The first-order chi connectivity index (χ1) is 15.1. The quantitative estimate of drug-likeness (QED) is 0.500. The number of benzene rings is 1. The summed E-state index contributed by atoms with van der Waals surface area (Å²) in [4.78, 5) is 36.9. The zero-order valence-electron chi connectivity index (χ0n) is 17.8. The highest BCUT2D eigenvalue weighted by atomic mass is 32.2. The molecule has 2 N–H and O–H groups in total. The van der Waals surface area contributed by atoms with Crippen LogP contribution >= 0.6 is 11.3 Å². The van der Waals surface area contributed by atoms with E-state index < -0.39 is 41.0 Å². The fourth-order valence-electron chi connectivity index (χ4n) is 2.46. The summed E-state index contributed by atoms with van der Waals surface area (Å²) in [6.45, 7) is 4.13. The average Bonchev–Trinajstić information content (AvgIpc) is 3.03. The Morgan fingerprint density at radius 1 is 1.09 bits per heavy atom. The monoisotopic (exact) mass is 480 g/mol. The second-order valence-corrected chi connectivity index (χ2v) is 9.37. The molecule has 0 radical (unpaired) electrons. The summed E-state index contributed by atoms with van der Waals surface area (Å²) in [7, 11) is -3.87. The van der Waals surface area contributed by atoms with E-state index in [1.165, 1.54) is 17.4 Å². The smallest absolute Gasteiger partial charge is 0.341 e. The number of nitrogens with one attached hydrogen (secondary N) is 2. The van der Waals surface area contributed by atoms with Crippen molar-refractivity contribution in [1.29, 1.82) is 0 Å². The van der Waals surface area contributed by atoms with Crippen LogP contribution in [0.1, 0.15) is 33.3 Å². The van der Waals surface area contributed by atoms with Crippen molar-refractivity contribution >= 4 is 50.3 Å². The number of hydrogen-bond donors (Lipinski definition) is 2. The number of hydrogen-bond acceptors (Lipinski definition) is 8. The van der Waals surface area contributed by atoms with Gasteiger partial charge in [-0.2, -0.15) is 0 Å². The lowest BCUT2D eigenvalue weighted by molar-refractivity contribution is -0.146. The molecule has 2 aromatic rings. The molecule has 172 valence electrons. The molecular weight excluding hydrogens is 456 g/mol. The molecule has 9 nitrogen and oxygen atoms in total. The third kappa shape index (κ3) is 7.59. The molecule has 0 atom stereocenters. The van der Waals surface area contributed by atoms with E-state index in [1.807, 2.05) is 0 Å². The molecule has 0 aliphatic heterocycles. The maximum absolute atomic E-state index is 12.1. The lowest BCUT2D eigenvalue weighted by Crippen LogP contribution is -2.31. The number of esters is 2. The van der Waals surface area contributed by atoms with E-state index in [2.05, 4.69) is 10.0 Å². The van der Waals surface area contributed by atoms with E-state index >= 15 is 0 Å². The minimum atomic E-state index is -3.87. The Balaban J connectivity index is 1.86. The number of ether oxygens (including phenoxy) is 2. The van der Waals surface area contributed by atoms with Crippen LogP contribution in [0, 0.1) is 13.8 Å². The van der Waals surface area contributed by atoms with Crippen molar-refractivity contribution in [1.82, 2.24) is 4.72 Å². The lowest BCUT2D eigenvalue weighted by Gasteiger charge is -2.08. The van der Waals surface area contributed by atoms with Gasteiger partial charge in [0.15, 0.2) is 6.61 Å². The molecule has 32 heavy (non-hydrogen) atoms. The topological polar surface area (TPSA) is 128 Å². The Morgan fingerprint density at radius 2 is 1.78 bits per heavy atom. The average molecular weight is 481 g/mol. The summed E-state index contributed by atoms with van der Waals surface area (Å²) in [5.41, 5.74) is 1.63. The summed E-state index contributed by atoms with van der Waals surface area (Å²) >= 11 is 1.20. The zero-order valence-corrected chi connectivity index (χ0v) is 19.5. The molecule has 0 saturated carbocycles. The van der Waals surface area contributed by atoms with Crippen LogP contribution in [0.15, 0.2) is 35.7 Å². The zero-order chi connectivity index (χ0) is 23.7. The molecule has 0 spiro atoms. The number of rotatable bonds is 10. The molecule has 0 fully saturated rings. The fraction of sp³-hybridized carbons (Fsp3) is 0.286. The van der Waals surface area contributed by atoms with Crippen molar-refractivity contribution < 1.29 is 32.3 Å². The van der Waals surface area contributed by atoms with Crippen molar-refractivity contribution in [3.05, 3.63) is 57.3 Å². The van der Waals surface area contributed by atoms with Gasteiger partial charge in [-0.1, -0.05) is 30.3 Å². The number of carbonyl (C=O) groups excluding carboxylic acids is 3.